The molecule has 2 amide bonds. The van der Waals surface area contributed by atoms with Crippen molar-refractivity contribution in [3.8, 4) is 0 Å². The SMILES string of the molecule is O=C(CN1CCCCCC1=O)N/N=C\c1ccc(C(F)(F)F)cc1. The number of hydrazone groups is 1. The van der Waals surface area contributed by atoms with Gasteiger partial charge in [-0.2, -0.15) is 18.3 Å². The Labute approximate surface area is 137 Å². The maximum absolute atomic E-state index is 12.4. The lowest BCUT2D eigenvalue weighted by Gasteiger charge is -2.18. The number of carbonyl (C=O) groups is 2. The highest BCUT2D eigenvalue weighted by Crippen LogP contribution is 2.28. The van der Waals surface area contributed by atoms with Crippen molar-refractivity contribution in [2.24, 2.45) is 5.10 Å². The van der Waals surface area contributed by atoms with E-state index in [2.05, 4.69) is 10.5 Å². The molecule has 0 saturated carbocycles. The molecule has 0 aliphatic carbocycles. The zero-order valence-electron chi connectivity index (χ0n) is 13.0. The molecular formula is C16H18F3N3O2. The largest absolute Gasteiger partial charge is 0.416 e. The lowest BCUT2D eigenvalue weighted by molar-refractivity contribution is -0.137. The third-order valence-corrected chi connectivity index (χ3v) is 3.65. The summed E-state index contributed by atoms with van der Waals surface area (Å²) in [4.78, 5) is 25.0. The van der Waals surface area contributed by atoms with Crippen LogP contribution in [-0.2, 0) is 15.8 Å². The minimum absolute atomic E-state index is 0.0469. The second kappa shape index (κ2) is 7.94. The molecule has 1 aliphatic rings. The van der Waals surface area contributed by atoms with Gasteiger partial charge in [-0.05, 0) is 30.5 Å². The molecule has 0 aromatic heterocycles. The molecule has 1 aliphatic heterocycles. The number of nitrogens with zero attached hydrogens (tertiary/aromatic N) is 2. The number of amides is 2. The van der Waals surface area contributed by atoms with E-state index in [-0.39, 0.29) is 12.5 Å². The standard InChI is InChI=1S/C16H18F3N3O2/c17-16(18,19)13-7-5-12(6-8-13)10-20-21-14(23)11-22-9-3-1-2-4-15(22)24/h5-8,10H,1-4,9,11H2,(H,21,23)/b20-10-. The van der Waals surface area contributed by atoms with Gasteiger partial charge in [0.2, 0.25) is 5.91 Å². The summed E-state index contributed by atoms with van der Waals surface area (Å²) >= 11 is 0. The fraction of sp³-hybridized carbons (Fsp3) is 0.438. The van der Waals surface area contributed by atoms with E-state index in [0.29, 0.717) is 18.5 Å². The molecule has 130 valence electrons. The van der Waals surface area contributed by atoms with Gasteiger partial charge in [-0.3, -0.25) is 9.59 Å². The highest BCUT2D eigenvalue weighted by molar-refractivity contribution is 5.86. The summed E-state index contributed by atoms with van der Waals surface area (Å²) in [7, 11) is 0. The molecule has 0 unspecified atom stereocenters. The Balaban J connectivity index is 1.84. The van der Waals surface area contributed by atoms with Crippen LogP contribution in [0, 0.1) is 0 Å². The van der Waals surface area contributed by atoms with Crippen molar-refractivity contribution < 1.29 is 22.8 Å². The average molecular weight is 341 g/mol. The van der Waals surface area contributed by atoms with Crippen LogP contribution in [0.5, 0.6) is 0 Å². The van der Waals surface area contributed by atoms with Crippen molar-refractivity contribution in [1.29, 1.82) is 0 Å². The van der Waals surface area contributed by atoms with Crippen LogP contribution in [0.4, 0.5) is 13.2 Å². The third-order valence-electron chi connectivity index (χ3n) is 3.65. The summed E-state index contributed by atoms with van der Waals surface area (Å²) in [5, 5.41) is 3.70. The predicted octanol–water partition coefficient (Wildman–Crippen LogP) is 2.56. The topological polar surface area (TPSA) is 61.8 Å². The van der Waals surface area contributed by atoms with E-state index in [0.717, 1.165) is 31.4 Å². The van der Waals surface area contributed by atoms with Crippen molar-refractivity contribution in [2.45, 2.75) is 31.9 Å². The van der Waals surface area contributed by atoms with Gasteiger partial charge in [0.25, 0.3) is 5.91 Å². The molecule has 1 fully saturated rings. The van der Waals surface area contributed by atoms with Crippen LogP contribution >= 0.6 is 0 Å². The number of hydrogen-bond donors (Lipinski definition) is 1. The van der Waals surface area contributed by atoms with Crippen LogP contribution in [0.3, 0.4) is 0 Å². The number of halogens is 3. The molecule has 1 aromatic rings. The van der Waals surface area contributed by atoms with Gasteiger partial charge in [-0.1, -0.05) is 18.6 Å². The van der Waals surface area contributed by atoms with Crippen molar-refractivity contribution in [3.05, 3.63) is 35.4 Å². The first-order valence-corrected chi connectivity index (χ1v) is 7.63. The van der Waals surface area contributed by atoms with Gasteiger partial charge in [-0.15, -0.1) is 0 Å². The van der Waals surface area contributed by atoms with E-state index >= 15 is 0 Å². The van der Waals surface area contributed by atoms with Crippen LogP contribution in [0.1, 0.15) is 36.8 Å². The van der Waals surface area contributed by atoms with Crippen molar-refractivity contribution in [2.75, 3.05) is 13.1 Å². The van der Waals surface area contributed by atoms with Crippen LogP contribution in [0.2, 0.25) is 0 Å². The molecule has 0 spiro atoms. The number of alkyl halides is 3. The van der Waals surface area contributed by atoms with Gasteiger partial charge in [0.05, 0.1) is 11.8 Å². The van der Waals surface area contributed by atoms with Crippen LogP contribution in [0.15, 0.2) is 29.4 Å². The summed E-state index contributed by atoms with van der Waals surface area (Å²) in [6.45, 7) is 0.484. The minimum atomic E-state index is -4.39. The molecular weight excluding hydrogens is 323 g/mol. The maximum Gasteiger partial charge on any atom is 0.416 e. The second-order valence-electron chi connectivity index (χ2n) is 5.54. The fourth-order valence-corrected chi connectivity index (χ4v) is 2.35. The zero-order valence-corrected chi connectivity index (χ0v) is 13.0. The number of rotatable bonds is 4. The van der Waals surface area contributed by atoms with Crippen LogP contribution in [0.25, 0.3) is 0 Å². The molecule has 0 atom stereocenters. The van der Waals surface area contributed by atoms with Crippen molar-refractivity contribution >= 4 is 18.0 Å². The van der Waals surface area contributed by atoms with Gasteiger partial charge in [0.1, 0.15) is 6.54 Å². The van der Waals surface area contributed by atoms with E-state index in [1.54, 1.807) is 0 Å². The lowest BCUT2D eigenvalue weighted by atomic mass is 10.1. The monoisotopic (exact) mass is 341 g/mol. The molecule has 1 aromatic carbocycles. The fourth-order valence-electron chi connectivity index (χ4n) is 2.35. The quantitative estimate of drug-likeness (QED) is 0.676. The summed E-state index contributed by atoms with van der Waals surface area (Å²) in [5.41, 5.74) is 1.96. The molecule has 0 radical (unpaired) electrons. The molecule has 24 heavy (non-hydrogen) atoms. The summed E-state index contributed by atoms with van der Waals surface area (Å²) in [6, 6.07) is 4.41. The highest BCUT2D eigenvalue weighted by atomic mass is 19.4. The van der Waals surface area contributed by atoms with E-state index < -0.39 is 17.6 Å². The van der Waals surface area contributed by atoms with Gasteiger partial charge in [0, 0.05) is 13.0 Å². The van der Waals surface area contributed by atoms with E-state index in [1.807, 2.05) is 0 Å². The van der Waals surface area contributed by atoms with Crippen LogP contribution < -0.4 is 5.43 Å². The Bertz CT molecular complexity index is 612. The smallest absolute Gasteiger partial charge is 0.333 e. The molecule has 1 saturated heterocycles. The Morgan fingerprint density at radius 1 is 1.21 bits per heavy atom. The Morgan fingerprint density at radius 3 is 2.58 bits per heavy atom. The van der Waals surface area contributed by atoms with E-state index in [4.69, 9.17) is 0 Å². The highest BCUT2D eigenvalue weighted by Gasteiger charge is 2.29. The number of hydrogen-bond acceptors (Lipinski definition) is 3. The number of carbonyl (C=O) groups excluding carboxylic acids is 2. The van der Waals surface area contributed by atoms with Gasteiger partial charge >= 0.3 is 6.18 Å². The van der Waals surface area contributed by atoms with E-state index in [9.17, 15) is 22.8 Å². The van der Waals surface area contributed by atoms with Gasteiger partial charge < -0.3 is 4.90 Å². The number of nitrogens with one attached hydrogen (secondary N) is 1. The second-order valence-corrected chi connectivity index (χ2v) is 5.54. The zero-order chi connectivity index (χ0) is 17.6. The summed E-state index contributed by atoms with van der Waals surface area (Å²) < 4.78 is 37.3. The first-order chi connectivity index (χ1) is 11.4. The molecule has 0 bridgehead atoms. The Morgan fingerprint density at radius 2 is 1.92 bits per heavy atom. The van der Waals surface area contributed by atoms with Crippen molar-refractivity contribution in [3.63, 3.8) is 0 Å². The van der Waals surface area contributed by atoms with Gasteiger partial charge in [0.15, 0.2) is 0 Å². The lowest BCUT2D eigenvalue weighted by Crippen LogP contribution is -2.39. The predicted molar refractivity (Wildman–Crippen MR) is 82.2 cm³/mol. The summed E-state index contributed by atoms with van der Waals surface area (Å²) in [6.07, 6.45) is -0.0131. The minimum Gasteiger partial charge on any atom is -0.333 e. The first-order valence-electron chi connectivity index (χ1n) is 7.63. The molecule has 5 nitrogen and oxygen atoms in total. The van der Waals surface area contributed by atoms with Crippen molar-refractivity contribution in [1.82, 2.24) is 10.3 Å². The molecule has 2 rings (SSSR count). The average Bonchev–Trinajstić information content (AvgIpc) is 2.72. The molecule has 1 N–H and O–H groups in total. The Kier molecular flexibility index (Phi) is 5.94. The maximum atomic E-state index is 12.4. The third kappa shape index (κ3) is 5.36. The molecule has 1 heterocycles. The number of benzene rings is 1. The normalized spacial score (nSPS) is 16.3. The summed E-state index contributed by atoms with van der Waals surface area (Å²) in [5.74, 6) is -0.484. The van der Waals surface area contributed by atoms with Gasteiger partial charge in [-0.25, -0.2) is 5.43 Å². The molecule has 8 heteroatoms. The van der Waals surface area contributed by atoms with E-state index in [1.165, 1.54) is 23.2 Å². The Hall–Kier alpha value is -2.38. The first kappa shape index (κ1) is 18.0. The van der Waals surface area contributed by atoms with Crippen LogP contribution in [-0.4, -0.2) is 36.0 Å². The number of likely N-dealkylation sites (tertiary alicyclic amines) is 1.